The summed E-state index contributed by atoms with van der Waals surface area (Å²) < 4.78 is 90.6. The van der Waals surface area contributed by atoms with Crippen molar-refractivity contribution in [2.75, 3.05) is 176 Å². The molecule has 38 heteroatoms. The van der Waals surface area contributed by atoms with Gasteiger partial charge in [-0.15, -0.1) is 0 Å². The fourth-order valence-electron chi connectivity index (χ4n) is 16.0. The zero-order valence-electron chi connectivity index (χ0n) is 82.4. The average molecular weight is 1960 g/mol. The molecule has 5 aliphatic heterocycles. The van der Waals surface area contributed by atoms with E-state index in [-0.39, 0.29) is 203 Å². The van der Waals surface area contributed by atoms with Gasteiger partial charge in [-0.1, -0.05) is 87.4 Å². The largest absolute Gasteiger partial charge is 0.493 e. The number of benzene rings is 4. The molecule has 5 aliphatic rings. The van der Waals surface area contributed by atoms with Crippen LogP contribution in [0.15, 0.2) is 108 Å². The molecular weight excluding hydrogens is 1820 g/mol. The number of aliphatic hydroxyl groups excluding tert-OH is 2. The minimum atomic E-state index is -1.59. The van der Waals surface area contributed by atoms with Crippen molar-refractivity contribution in [3.8, 4) is 23.0 Å². The second kappa shape index (κ2) is 58.8. The van der Waals surface area contributed by atoms with E-state index in [0.29, 0.717) is 153 Å². The van der Waals surface area contributed by atoms with Crippen LogP contribution in [-0.4, -0.2) is 305 Å². The SMILES string of the molecule is COCCOCCC(=O)C[C@H](C(=O)N[C@@H](C)C(=O)Cc1ccc(COC(=O)N2c3cc(OCCCCCOc4cc5c(cc4OC)C(=O)N4C=C(C)C[C@H]4[C@H](O)N5C(=O)OCc4ccc(CC(=O)[C@H](C)NC(=O)[C@@H](CC(=O)CCOCCOCCOCCOCCOCCOCCOCCOCCCC(=O)CCN5C(=O)C=CC5=O)C(C)C)cc4)c(OC)cc3C(=O)N3C=C(C)C[C@H]3[C@@H]2O)cc1)C(C)C. The lowest BCUT2D eigenvalue weighted by molar-refractivity contribution is -0.137. The Morgan fingerprint density at radius 1 is 0.400 bits per heavy atom. The van der Waals surface area contributed by atoms with Gasteiger partial charge in [0.2, 0.25) is 11.8 Å². The van der Waals surface area contributed by atoms with Gasteiger partial charge in [0.15, 0.2) is 47.0 Å². The maximum Gasteiger partial charge on any atom is 0.416 e. The highest BCUT2D eigenvalue weighted by atomic mass is 16.6. The van der Waals surface area contributed by atoms with Gasteiger partial charge in [0.25, 0.3) is 23.6 Å². The quantitative estimate of drug-likeness (QED) is 0.0236. The van der Waals surface area contributed by atoms with Crippen LogP contribution in [-0.2, 0) is 126 Å². The number of nitrogens with one attached hydrogen (secondary N) is 2. The molecule has 0 saturated carbocycles. The molecule has 8 atom stereocenters. The van der Waals surface area contributed by atoms with Crippen molar-refractivity contribution in [3.05, 3.63) is 142 Å². The molecule has 0 aromatic heterocycles. The smallest absolute Gasteiger partial charge is 0.416 e. The number of ether oxygens (including phenoxy) is 16. The molecule has 4 aromatic carbocycles. The Kier molecular flexibility index (Phi) is 47.2. The van der Waals surface area contributed by atoms with Crippen LogP contribution >= 0.6 is 0 Å². The van der Waals surface area contributed by atoms with E-state index < -0.39 is 96.1 Å². The number of imide groups is 1. The third kappa shape index (κ3) is 34.9. The Hall–Kier alpha value is -11.3. The minimum Gasteiger partial charge on any atom is -0.493 e. The maximum atomic E-state index is 14.5. The number of aliphatic hydroxyl groups is 2. The first-order chi connectivity index (χ1) is 67.4. The van der Waals surface area contributed by atoms with E-state index in [1.807, 2.05) is 41.5 Å². The summed E-state index contributed by atoms with van der Waals surface area (Å²) in [5.74, 6) is -4.51. The molecule has 4 aromatic rings. The Labute approximate surface area is 817 Å². The fourth-order valence-corrected chi connectivity index (χ4v) is 16.0. The first-order valence-electron chi connectivity index (χ1n) is 48.0. The first kappa shape index (κ1) is 112. The van der Waals surface area contributed by atoms with Gasteiger partial charge in [-0.25, -0.2) is 19.4 Å². The third-order valence-electron chi connectivity index (χ3n) is 24.2. The van der Waals surface area contributed by atoms with Crippen molar-refractivity contribution in [2.45, 2.75) is 195 Å². The Morgan fingerprint density at radius 2 is 0.750 bits per heavy atom. The molecule has 9 rings (SSSR count). The van der Waals surface area contributed by atoms with E-state index in [9.17, 15) is 72.5 Å². The highest BCUT2D eigenvalue weighted by molar-refractivity contribution is 6.13. The molecule has 0 radical (unpaired) electrons. The van der Waals surface area contributed by atoms with Crippen molar-refractivity contribution in [1.29, 1.82) is 0 Å². The van der Waals surface area contributed by atoms with Crippen molar-refractivity contribution in [1.82, 2.24) is 25.3 Å². The van der Waals surface area contributed by atoms with E-state index in [2.05, 4.69) is 10.6 Å². The molecule has 0 aliphatic carbocycles. The number of anilines is 2. The van der Waals surface area contributed by atoms with Gasteiger partial charge < -0.3 is 106 Å². The van der Waals surface area contributed by atoms with Gasteiger partial charge in [-0.05, 0) is 112 Å². The van der Waals surface area contributed by atoms with Gasteiger partial charge in [0.1, 0.15) is 30.6 Å². The molecule has 0 spiro atoms. The summed E-state index contributed by atoms with van der Waals surface area (Å²) in [5, 5.41) is 29.8. The second-order valence-electron chi connectivity index (χ2n) is 35.5. The summed E-state index contributed by atoms with van der Waals surface area (Å²) >= 11 is 0. The minimum absolute atomic E-state index is 0.00712. The van der Waals surface area contributed by atoms with Gasteiger partial charge in [-0.2, -0.15) is 0 Å². The van der Waals surface area contributed by atoms with Crippen molar-refractivity contribution in [2.24, 2.45) is 23.7 Å². The number of Topliss-reactive ketones (excluding diaryl/α,β-unsaturated/α-hetero) is 5. The van der Waals surface area contributed by atoms with Crippen LogP contribution in [0.5, 0.6) is 23.0 Å². The van der Waals surface area contributed by atoms with E-state index in [1.54, 1.807) is 81.9 Å². The van der Waals surface area contributed by atoms with Crippen molar-refractivity contribution < 1.29 is 148 Å². The summed E-state index contributed by atoms with van der Waals surface area (Å²) in [6.07, 6.45) is 3.66. The number of nitrogens with zero attached hydrogens (tertiary/aromatic N) is 5. The topological polar surface area (TPSA) is 450 Å². The Balaban J connectivity index is 0.656. The van der Waals surface area contributed by atoms with E-state index in [4.69, 9.17) is 75.8 Å². The number of hydrogen-bond donors (Lipinski definition) is 4. The fraction of sp³-hybridized carbons (Fsp3) is 0.578. The average Bonchev–Trinajstić information content (AvgIpc) is 1.60. The van der Waals surface area contributed by atoms with Crippen LogP contribution in [0.3, 0.4) is 0 Å². The predicted molar refractivity (Wildman–Crippen MR) is 509 cm³/mol. The third-order valence-corrected chi connectivity index (χ3v) is 24.2. The summed E-state index contributed by atoms with van der Waals surface area (Å²) in [6, 6.07) is 15.9. The van der Waals surface area contributed by atoms with E-state index in [0.717, 1.165) is 25.8 Å². The summed E-state index contributed by atoms with van der Waals surface area (Å²) in [6.45, 7) is 20.6. The lowest BCUT2D eigenvalue weighted by Crippen LogP contribution is -2.50. The summed E-state index contributed by atoms with van der Waals surface area (Å²) in [5.41, 5.74) is 4.01. The van der Waals surface area contributed by atoms with E-state index >= 15 is 0 Å². The van der Waals surface area contributed by atoms with Crippen LogP contribution in [0, 0.1) is 23.7 Å². The molecule has 0 unspecified atom stereocenters. The Bertz CT molecular complexity index is 4850. The molecule has 5 heterocycles. The number of amides is 8. The zero-order valence-corrected chi connectivity index (χ0v) is 82.4. The van der Waals surface area contributed by atoms with Gasteiger partial charge >= 0.3 is 12.2 Å². The number of ketones is 5. The number of carbonyl (C=O) groups excluding carboxylic acids is 13. The standard InChI is InChI=1S/C102H139N7O31/c1-66(2)79(56-77(111)28-34-129-37-36-125-9)95(117)103-70(7)87(113)54-72-17-21-74(22-18-72)64-139-101(123)108-83-60-91(89(126-10)58-81(83)97(119)106-62-68(5)52-85(106)99(108)121)137-32-13-12-14-33-138-92-61-84-82(59-90(92)127-11)98(120)107-63-69(6)53-86(107)100(122)109(84)102(124)140-65-75-23-19-73(20-24-75)55-88(114)71(8)104-96(118)80(67(3)4)57-78(112)29-35-130-39-41-132-43-45-134-47-49-136-51-50-135-48-46-133-44-42-131-40-38-128-31-15-16-76(110)27-30-105-93(115)25-26-94(105)116/h17-26,58-63,66-67,70-71,79-80,85-86,99-100,121-122H,12-16,27-57,64-65H2,1-11H3,(H,103,117)(H,104,118)/t70-,71-,79-,80-,85-,86-,99-,100-/m0/s1. The number of carbonyl (C=O) groups is 13. The molecular formula is C102H139N7O31. The summed E-state index contributed by atoms with van der Waals surface area (Å²) in [7, 11) is 4.37. The van der Waals surface area contributed by atoms with Crippen LogP contribution < -0.4 is 39.4 Å². The lowest BCUT2D eigenvalue weighted by Gasteiger charge is -2.31. The molecule has 768 valence electrons. The number of methoxy groups -OCH3 is 3. The molecule has 0 fully saturated rings. The number of rotatable bonds is 67. The predicted octanol–water partition coefficient (Wildman–Crippen LogP) is 9.45. The number of hydrogen-bond acceptors (Lipinski definition) is 31. The van der Waals surface area contributed by atoms with E-state index in [1.165, 1.54) is 60.4 Å². The molecule has 0 bridgehead atoms. The maximum absolute atomic E-state index is 14.5. The normalized spacial score (nSPS) is 16.9. The van der Waals surface area contributed by atoms with Gasteiger partial charge in [0, 0.05) is 120 Å². The first-order valence-corrected chi connectivity index (χ1v) is 48.0. The van der Waals surface area contributed by atoms with Crippen LogP contribution in [0.2, 0.25) is 0 Å². The monoisotopic (exact) mass is 1960 g/mol. The highest BCUT2D eigenvalue weighted by Crippen LogP contribution is 2.45. The van der Waals surface area contributed by atoms with Crippen LogP contribution in [0.4, 0.5) is 21.0 Å². The Morgan fingerprint density at radius 3 is 1.11 bits per heavy atom. The molecule has 38 nitrogen and oxygen atoms in total. The molecule has 140 heavy (non-hydrogen) atoms. The molecule has 4 N–H and O–H groups in total. The van der Waals surface area contributed by atoms with Crippen molar-refractivity contribution >= 4 is 87.9 Å². The van der Waals surface area contributed by atoms with Crippen LogP contribution in [0.1, 0.15) is 175 Å². The van der Waals surface area contributed by atoms with Crippen molar-refractivity contribution in [3.63, 3.8) is 0 Å². The number of unbranched alkanes of at least 4 members (excludes halogenated alkanes) is 2. The molecule has 8 amide bonds. The highest BCUT2D eigenvalue weighted by Gasteiger charge is 2.48. The van der Waals surface area contributed by atoms with Gasteiger partial charge in [0.05, 0.1) is 193 Å². The lowest BCUT2D eigenvalue weighted by atomic mass is 9.88. The zero-order chi connectivity index (χ0) is 101. The molecule has 0 saturated heterocycles. The second-order valence-corrected chi connectivity index (χ2v) is 35.5. The van der Waals surface area contributed by atoms with Crippen LogP contribution in [0.25, 0.3) is 0 Å². The van der Waals surface area contributed by atoms with Gasteiger partial charge in [-0.3, -0.25) is 57.6 Å². The number of fused-ring (bicyclic) bond motifs is 4. The summed E-state index contributed by atoms with van der Waals surface area (Å²) in [4.78, 5) is 179.